The van der Waals surface area contributed by atoms with E-state index in [1.165, 1.54) is 116 Å². The molecule has 8 aromatic rings. The second-order valence-corrected chi connectivity index (χ2v) is 24.8. The topological polar surface area (TPSA) is 6.48 Å². The maximum atomic E-state index is 2.64. The summed E-state index contributed by atoms with van der Waals surface area (Å²) < 4.78 is 0. The van der Waals surface area contributed by atoms with Gasteiger partial charge >= 0.3 is 0 Å². The van der Waals surface area contributed by atoms with E-state index < -0.39 is 16.1 Å². The van der Waals surface area contributed by atoms with Gasteiger partial charge in [0.2, 0.25) is 0 Å². The Balaban J connectivity index is 1.17. The number of anilines is 6. The predicted octanol–water partition coefficient (Wildman–Crippen LogP) is 11.4. The maximum absolute atomic E-state index is 2.64. The summed E-state index contributed by atoms with van der Waals surface area (Å²) >= 11 is 0. The summed E-state index contributed by atoms with van der Waals surface area (Å²) in [6.45, 7) is 0. The average molecular weight is 727 g/mol. The van der Waals surface area contributed by atoms with Crippen molar-refractivity contribution >= 4 is 103 Å². The summed E-state index contributed by atoms with van der Waals surface area (Å²) in [6, 6.07) is 66.6. The Hall–Kier alpha value is -5.43. The van der Waals surface area contributed by atoms with Crippen molar-refractivity contribution in [2.75, 3.05) is 9.80 Å². The van der Waals surface area contributed by atoms with Gasteiger partial charge < -0.3 is 9.80 Å². The van der Waals surface area contributed by atoms with E-state index in [-0.39, 0.29) is 0 Å². The van der Waals surface area contributed by atoms with E-state index in [4.69, 9.17) is 0 Å². The summed E-state index contributed by atoms with van der Waals surface area (Å²) in [4.78, 5) is 5.28. The van der Waals surface area contributed by atoms with E-state index in [0.29, 0.717) is 0 Å². The standard InChI is InChI=1S/C50H42N2Si2/c1-3-19-38-36(17-1)44(51-40-21-5-9-25-46(40)53(29-13-14-30-53)47-26-10-6-22-41(47)51)33-35-34-45(37-18-2-4-20-39(37)50(35)38)52-42-23-7-11-27-48(42)54(31-15-16-32-54)49-28-12-8-24-43(49)52/h1-12,17-28,33-34H,13-16,29-32H2. The zero-order chi connectivity index (χ0) is 35.4. The first-order valence-corrected chi connectivity index (χ1v) is 25.0. The van der Waals surface area contributed by atoms with E-state index >= 15 is 0 Å². The molecule has 2 nitrogen and oxygen atoms in total. The molecule has 0 N–H and O–H groups in total. The van der Waals surface area contributed by atoms with Gasteiger partial charge in [-0.1, -0.05) is 147 Å². The molecule has 2 spiro atoms. The van der Waals surface area contributed by atoms with Crippen LogP contribution in [0.4, 0.5) is 34.1 Å². The summed E-state index contributed by atoms with van der Waals surface area (Å²) in [5.41, 5.74) is 8.11. The minimum atomic E-state index is -1.85. The highest BCUT2D eigenvalue weighted by molar-refractivity contribution is 7.05. The molecule has 0 bridgehead atoms. The molecule has 260 valence electrons. The Morgan fingerprint density at radius 1 is 0.315 bits per heavy atom. The van der Waals surface area contributed by atoms with Crippen LogP contribution in [0.2, 0.25) is 24.2 Å². The van der Waals surface area contributed by atoms with Crippen molar-refractivity contribution < 1.29 is 0 Å². The molecule has 4 heteroatoms. The van der Waals surface area contributed by atoms with Gasteiger partial charge in [-0.25, -0.2) is 0 Å². The molecule has 0 saturated carbocycles. The van der Waals surface area contributed by atoms with Gasteiger partial charge in [-0.3, -0.25) is 0 Å². The molecule has 2 saturated heterocycles. The van der Waals surface area contributed by atoms with Crippen LogP contribution in [0, 0.1) is 0 Å². The monoisotopic (exact) mass is 726 g/mol. The molecule has 54 heavy (non-hydrogen) atoms. The number of benzene rings is 8. The van der Waals surface area contributed by atoms with E-state index in [1.54, 1.807) is 20.7 Å². The second-order valence-electron chi connectivity index (χ2n) is 16.3. The number of hydrogen-bond acceptors (Lipinski definition) is 2. The minimum absolute atomic E-state index is 1.28. The Morgan fingerprint density at radius 3 is 0.963 bits per heavy atom. The number of rotatable bonds is 2. The molecule has 0 unspecified atom stereocenters. The van der Waals surface area contributed by atoms with Gasteiger partial charge in [0.05, 0.1) is 11.4 Å². The van der Waals surface area contributed by atoms with Crippen LogP contribution in [-0.2, 0) is 0 Å². The van der Waals surface area contributed by atoms with Crippen LogP contribution in [0.3, 0.4) is 0 Å². The molecular formula is C50H42N2Si2. The zero-order valence-corrected chi connectivity index (χ0v) is 32.6. The van der Waals surface area contributed by atoms with Crippen molar-refractivity contribution in [3.63, 3.8) is 0 Å². The fraction of sp³-hybridized carbons (Fsp3) is 0.160. The highest BCUT2D eigenvalue weighted by Crippen LogP contribution is 2.51. The second kappa shape index (κ2) is 11.5. The lowest BCUT2D eigenvalue weighted by Gasteiger charge is -2.43. The molecule has 0 amide bonds. The molecule has 8 aromatic carbocycles. The van der Waals surface area contributed by atoms with Crippen molar-refractivity contribution in [1.29, 1.82) is 0 Å². The lowest BCUT2D eigenvalue weighted by molar-refractivity contribution is 0.935. The molecule has 4 heterocycles. The Kier molecular flexibility index (Phi) is 6.62. The van der Waals surface area contributed by atoms with Gasteiger partial charge in [0, 0.05) is 33.5 Å². The van der Waals surface area contributed by atoms with Crippen LogP contribution in [-0.4, -0.2) is 16.1 Å². The normalized spacial score (nSPS) is 17.6. The molecule has 4 aliphatic rings. The number of hydrogen-bond donors (Lipinski definition) is 0. The third-order valence-electron chi connectivity index (χ3n) is 13.9. The number of fused-ring (bicyclic) bond motifs is 13. The third-order valence-corrected chi connectivity index (χ3v) is 24.5. The Bertz CT molecular complexity index is 2540. The van der Waals surface area contributed by atoms with Crippen LogP contribution in [0.5, 0.6) is 0 Å². The highest BCUT2D eigenvalue weighted by atomic mass is 28.3. The first-order chi connectivity index (χ1) is 26.8. The minimum Gasteiger partial charge on any atom is -0.310 e. The third kappa shape index (κ3) is 4.05. The Labute approximate surface area is 319 Å². The maximum Gasteiger partial charge on any atom is 0.123 e. The quantitative estimate of drug-likeness (QED) is 0.129. The molecule has 4 aliphatic heterocycles. The van der Waals surface area contributed by atoms with E-state index in [0.717, 1.165) is 0 Å². The smallest absolute Gasteiger partial charge is 0.123 e. The van der Waals surface area contributed by atoms with Crippen LogP contribution in [0.1, 0.15) is 25.7 Å². The first-order valence-electron chi connectivity index (χ1n) is 20.1. The van der Waals surface area contributed by atoms with Crippen LogP contribution in [0.25, 0.3) is 32.3 Å². The van der Waals surface area contributed by atoms with Crippen LogP contribution < -0.4 is 30.5 Å². The van der Waals surface area contributed by atoms with Crippen molar-refractivity contribution in [1.82, 2.24) is 0 Å². The van der Waals surface area contributed by atoms with Crippen molar-refractivity contribution in [3.05, 3.63) is 158 Å². The van der Waals surface area contributed by atoms with Crippen LogP contribution in [0.15, 0.2) is 158 Å². The molecule has 2 fully saturated rings. The lowest BCUT2D eigenvalue weighted by atomic mass is 9.93. The molecule has 0 aliphatic carbocycles. The molecular weight excluding hydrogens is 685 g/mol. The van der Waals surface area contributed by atoms with Gasteiger partial charge in [0.15, 0.2) is 0 Å². The number of nitrogens with zero attached hydrogens (tertiary/aromatic N) is 2. The summed E-state index contributed by atoms with van der Waals surface area (Å²) in [7, 11) is -3.70. The first kappa shape index (κ1) is 31.0. The summed E-state index contributed by atoms with van der Waals surface area (Å²) in [5.74, 6) is 0. The van der Waals surface area contributed by atoms with Gasteiger partial charge in [-0.15, -0.1) is 0 Å². The van der Waals surface area contributed by atoms with Gasteiger partial charge in [-0.05, 0) is 103 Å². The fourth-order valence-corrected chi connectivity index (χ4v) is 22.8. The summed E-state index contributed by atoms with van der Waals surface area (Å²) in [5, 5.41) is 14.4. The van der Waals surface area contributed by atoms with E-state index in [9.17, 15) is 0 Å². The largest absolute Gasteiger partial charge is 0.310 e. The SMILES string of the molecule is c1ccc2c(c1)N(c1cc3cc(N4c5ccccc5[Si]5(CCCC5)c5ccccc54)c4ccccc4c3c3ccccc13)c1ccccc1[Si]21CCCC1. The van der Waals surface area contributed by atoms with Crippen LogP contribution >= 0.6 is 0 Å². The van der Waals surface area contributed by atoms with Crippen molar-refractivity contribution in [2.24, 2.45) is 0 Å². The highest BCUT2D eigenvalue weighted by Gasteiger charge is 2.49. The van der Waals surface area contributed by atoms with E-state index in [2.05, 4.69) is 168 Å². The van der Waals surface area contributed by atoms with Gasteiger partial charge in [-0.2, -0.15) is 0 Å². The zero-order valence-electron chi connectivity index (χ0n) is 30.6. The van der Waals surface area contributed by atoms with E-state index in [1.807, 2.05) is 0 Å². The molecule has 0 radical (unpaired) electrons. The lowest BCUT2D eigenvalue weighted by Crippen LogP contribution is -2.60. The van der Waals surface area contributed by atoms with Crippen molar-refractivity contribution in [3.8, 4) is 0 Å². The fourth-order valence-electron chi connectivity index (χ4n) is 11.7. The average Bonchev–Trinajstić information content (AvgIpc) is 3.94. The molecule has 12 rings (SSSR count). The van der Waals surface area contributed by atoms with Gasteiger partial charge in [0.1, 0.15) is 16.1 Å². The van der Waals surface area contributed by atoms with Gasteiger partial charge in [0.25, 0.3) is 0 Å². The summed E-state index contributed by atoms with van der Waals surface area (Å²) in [6.07, 6.45) is 5.37. The molecule has 0 atom stereocenters. The Morgan fingerprint density at radius 2 is 0.611 bits per heavy atom. The molecule has 0 aromatic heterocycles. The number of para-hydroxylation sites is 4. The van der Waals surface area contributed by atoms with Crippen molar-refractivity contribution in [2.45, 2.75) is 49.9 Å². The predicted molar refractivity (Wildman–Crippen MR) is 236 cm³/mol.